The van der Waals surface area contributed by atoms with Crippen molar-refractivity contribution >= 4 is 11.6 Å². The highest BCUT2D eigenvalue weighted by Crippen LogP contribution is 2.08. The van der Waals surface area contributed by atoms with E-state index >= 15 is 0 Å². The summed E-state index contributed by atoms with van der Waals surface area (Å²) in [6.45, 7) is 6.72. The van der Waals surface area contributed by atoms with Crippen LogP contribution in [-0.4, -0.2) is 30.4 Å². The molecule has 0 heterocycles. The summed E-state index contributed by atoms with van der Waals surface area (Å²) in [5.74, 6) is 0. The smallest absolute Gasteiger partial charge is 0.0320 e. The Morgan fingerprint density at radius 3 is 2.06 bits per heavy atom. The molecule has 2 heteroatoms. The fourth-order valence-corrected chi connectivity index (χ4v) is 1.95. The fraction of sp³-hybridized carbons (Fsp3) is 1.00. The van der Waals surface area contributed by atoms with E-state index in [1.807, 2.05) is 0 Å². The highest BCUT2D eigenvalue weighted by Gasteiger charge is 2.01. The first kappa shape index (κ1) is 16.2. The van der Waals surface area contributed by atoms with Crippen LogP contribution in [0.4, 0.5) is 0 Å². The molecular weight excluding hydrogens is 218 g/mol. The maximum atomic E-state index is 5.93. The lowest BCUT2D eigenvalue weighted by atomic mass is 10.1. The summed E-state index contributed by atoms with van der Waals surface area (Å²) >= 11 is 5.93. The van der Waals surface area contributed by atoms with Gasteiger partial charge >= 0.3 is 0 Å². The van der Waals surface area contributed by atoms with Crippen LogP contribution < -0.4 is 0 Å². The Morgan fingerprint density at radius 2 is 1.50 bits per heavy atom. The van der Waals surface area contributed by atoms with Crippen molar-refractivity contribution in [3.8, 4) is 0 Å². The summed E-state index contributed by atoms with van der Waals surface area (Å²) < 4.78 is 0. The third kappa shape index (κ3) is 12.3. The number of hydrogen-bond acceptors (Lipinski definition) is 1. The summed E-state index contributed by atoms with van der Waals surface area (Å²) in [5.41, 5.74) is 0. The van der Waals surface area contributed by atoms with Crippen LogP contribution in [-0.2, 0) is 0 Å². The van der Waals surface area contributed by atoms with Gasteiger partial charge in [0.25, 0.3) is 0 Å². The molecule has 0 saturated heterocycles. The Morgan fingerprint density at radius 1 is 0.938 bits per heavy atom. The second-order valence-corrected chi connectivity index (χ2v) is 5.74. The normalized spacial score (nSPS) is 13.3. The van der Waals surface area contributed by atoms with Crippen molar-refractivity contribution < 1.29 is 0 Å². The van der Waals surface area contributed by atoms with Gasteiger partial charge in [-0.15, -0.1) is 11.6 Å². The molecule has 0 aromatic carbocycles. The molecule has 0 aliphatic heterocycles. The molecule has 0 N–H and O–H groups in total. The number of hydrogen-bond donors (Lipinski definition) is 0. The van der Waals surface area contributed by atoms with Crippen LogP contribution in [0.2, 0.25) is 0 Å². The van der Waals surface area contributed by atoms with Crippen molar-refractivity contribution in [2.45, 2.75) is 70.6 Å². The predicted molar refractivity (Wildman–Crippen MR) is 75.4 cm³/mol. The van der Waals surface area contributed by atoms with E-state index in [4.69, 9.17) is 11.6 Å². The molecule has 1 nitrogen and oxygen atoms in total. The van der Waals surface area contributed by atoms with Gasteiger partial charge in [0.05, 0.1) is 0 Å². The fourth-order valence-electron chi connectivity index (χ4n) is 1.85. The molecule has 0 aliphatic carbocycles. The van der Waals surface area contributed by atoms with Gasteiger partial charge in [-0.2, -0.15) is 0 Å². The molecule has 0 amide bonds. The highest BCUT2D eigenvalue weighted by atomic mass is 35.5. The van der Waals surface area contributed by atoms with E-state index in [1.165, 1.54) is 51.5 Å². The van der Waals surface area contributed by atoms with Gasteiger partial charge in [-0.25, -0.2) is 0 Å². The van der Waals surface area contributed by atoms with Crippen LogP contribution >= 0.6 is 11.6 Å². The third-order valence-electron chi connectivity index (χ3n) is 3.05. The lowest BCUT2D eigenvalue weighted by Gasteiger charge is -2.16. The van der Waals surface area contributed by atoms with Crippen molar-refractivity contribution in [2.75, 3.05) is 20.1 Å². The number of unbranched alkanes of at least 4 members (excludes halogenated alkanes) is 6. The van der Waals surface area contributed by atoms with Gasteiger partial charge < -0.3 is 4.90 Å². The third-order valence-corrected chi connectivity index (χ3v) is 3.27. The molecule has 0 radical (unpaired) electrons. The molecule has 0 bridgehead atoms. The summed E-state index contributed by atoms with van der Waals surface area (Å²) in [4.78, 5) is 2.41. The standard InChI is InChI=1S/C14H30ClN/c1-4-5-6-7-8-9-10-12-16(3)13-11-14(2)15/h14H,4-13H2,1-3H3. The molecule has 0 aliphatic rings. The van der Waals surface area contributed by atoms with Crippen molar-refractivity contribution in [2.24, 2.45) is 0 Å². The molecule has 0 rings (SSSR count). The molecule has 1 atom stereocenters. The first-order chi connectivity index (χ1) is 7.66. The second kappa shape index (κ2) is 11.7. The summed E-state index contributed by atoms with van der Waals surface area (Å²) in [7, 11) is 2.20. The average Bonchev–Trinajstić information content (AvgIpc) is 2.25. The van der Waals surface area contributed by atoms with Crippen LogP contribution in [0.1, 0.15) is 65.2 Å². The largest absolute Gasteiger partial charge is 0.306 e. The second-order valence-electron chi connectivity index (χ2n) is 4.99. The van der Waals surface area contributed by atoms with Crippen molar-refractivity contribution in [3.05, 3.63) is 0 Å². The molecule has 0 spiro atoms. The molecule has 0 aromatic heterocycles. The van der Waals surface area contributed by atoms with Crippen LogP contribution in [0.5, 0.6) is 0 Å². The molecule has 0 fully saturated rings. The van der Waals surface area contributed by atoms with Crippen molar-refractivity contribution in [3.63, 3.8) is 0 Å². The maximum Gasteiger partial charge on any atom is 0.0320 e. The topological polar surface area (TPSA) is 3.24 Å². The molecule has 1 unspecified atom stereocenters. The van der Waals surface area contributed by atoms with Gasteiger partial charge in [-0.3, -0.25) is 0 Å². The van der Waals surface area contributed by atoms with Gasteiger partial charge in [0.2, 0.25) is 0 Å². The quantitative estimate of drug-likeness (QED) is 0.378. The van der Waals surface area contributed by atoms with Gasteiger partial charge in [-0.05, 0) is 39.9 Å². The highest BCUT2D eigenvalue weighted by molar-refractivity contribution is 6.20. The van der Waals surface area contributed by atoms with E-state index in [0.717, 1.165) is 13.0 Å². The maximum absolute atomic E-state index is 5.93. The molecule has 98 valence electrons. The number of alkyl halides is 1. The lowest BCUT2D eigenvalue weighted by molar-refractivity contribution is 0.319. The van der Waals surface area contributed by atoms with E-state index in [2.05, 4.69) is 25.8 Å². The van der Waals surface area contributed by atoms with Crippen LogP contribution in [0.15, 0.2) is 0 Å². The molecule has 0 saturated carbocycles. The predicted octanol–water partition coefficient (Wildman–Crippen LogP) is 4.69. The zero-order valence-electron chi connectivity index (χ0n) is 11.5. The van der Waals surface area contributed by atoms with E-state index in [-0.39, 0.29) is 0 Å². The Balaban J connectivity index is 3.12. The monoisotopic (exact) mass is 247 g/mol. The zero-order chi connectivity index (χ0) is 12.2. The molecular formula is C14H30ClN. The summed E-state index contributed by atoms with van der Waals surface area (Å²) in [6.07, 6.45) is 10.9. The Labute approximate surface area is 108 Å². The molecule has 16 heavy (non-hydrogen) atoms. The van der Waals surface area contributed by atoms with Gasteiger partial charge in [0, 0.05) is 5.38 Å². The minimum atomic E-state index is 0.316. The van der Waals surface area contributed by atoms with Gasteiger partial charge in [0.1, 0.15) is 0 Å². The first-order valence-corrected chi connectivity index (χ1v) is 7.43. The van der Waals surface area contributed by atoms with E-state index in [0.29, 0.717) is 5.38 Å². The Bertz CT molecular complexity index is 137. The minimum Gasteiger partial charge on any atom is -0.306 e. The van der Waals surface area contributed by atoms with Crippen molar-refractivity contribution in [1.29, 1.82) is 0 Å². The first-order valence-electron chi connectivity index (χ1n) is 6.99. The van der Waals surface area contributed by atoms with E-state index < -0.39 is 0 Å². The number of halogens is 1. The van der Waals surface area contributed by atoms with Gasteiger partial charge in [0.15, 0.2) is 0 Å². The SMILES string of the molecule is CCCCCCCCCN(C)CCC(C)Cl. The van der Waals surface area contributed by atoms with Crippen LogP contribution in [0, 0.1) is 0 Å². The summed E-state index contributed by atoms with van der Waals surface area (Å²) in [6, 6.07) is 0. The van der Waals surface area contributed by atoms with Crippen molar-refractivity contribution in [1.82, 2.24) is 4.90 Å². The number of rotatable bonds is 11. The van der Waals surface area contributed by atoms with Gasteiger partial charge in [-0.1, -0.05) is 45.4 Å². The average molecular weight is 248 g/mol. The van der Waals surface area contributed by atoms with E-state index in [9.17, 15) is 0 Å². The molecule has 0 aromatic rings. The Hall–Kier alpha value is 0.250. The van der Waals surface area contributed by atoms with Crippen LogP contribution in [0.3, 0.4) is 0 Å². The zero-order valence-corrected chi connectivity index (χ0v) is 12.2. The minimum absolute atomic E-state index is 0.316. The van der Waals surface area contributed by atoms with E-state index in [1.54, 1.807) is 0 Å². The van der Waals surface area contributed by atoms with Crippen LogP contribution in [0.25, 0.3) is 0 Å². The number of nitrogens with zero attached hydrogens (tertiary/aromatic N) is 1. The lowest BCUT2D eigenvalue weighted by Crippen LogP contribution is -2.22. The summed E-state index contributed by atoms with van der Waals surface area (Å²) in [5, 5.41) is 0.316. The Kier molecular flexibility index (Phi) is 11.9.